The third-order valence-electron chi connectivity index (χ3n) is 5.63. The van der Waals surface area contributed by atoms with Crippen molar-refractivity contribution in [1.29, 1.82) is 0 Å². The maximum Gasteiger partial charge on any atom is 0.274 e. The molecule has 0 radical (unpaired) electrons. The van der Waals surface area contributed by atoms with Crippen molar-refractivity contribution in [2.24, 2.45) is 7.05 Å². The first-order chi connectivity index (χ1) is 16.5. The molecule has 7 nitrogen and oxygen atoms in total. The second-order valence-corrected chi connectivity index (χ2v) is 7.89. The van der Waals surface area contributed by atoms with Crippen molar-refractivity contribution in [3.05, 3.63) is 107 Å². The van der Waals surface area contributed by atoms with Crippen molar-refractivity contribution in [1.82, 2.24) is 29.9 Å². The topological polar surface area (TPSA) is 77.6 Å². The van der Waals surface area contributed by atoms with E-state index in [2.05, 4.69) is 20.6 Å². The molecular formula is C25H20F2N6O. The fraction of sp³-hybridized carbons (Fsp3) is 0.120. The van der Waals surface area contributed by atoms with Crippen LogP contribution in [0.25, 0.3) is 16.7 Å². The molecule has 0 aliphatic rings. The van der Waals surface area contributed by atoms with Gasteiger partial charge < -0.3 is 5.32 Å². The lowest BCUT2D eigenvalue weighted by atomic mass is 10.1. The number of fused-ring (bicyclic) bond motifs is 1. The first-order valence-corrected chi connectivity index (χ1v) is 10.6. The van der Waals surface area contributed by atoms with Crippen LogP contribution in [0.4, 0.5) is 8.78 Å². The average molecular weight is 458 g/mol. The average Bonchev–Trinajstić information content (AvgIpc) is 3.42. The van der Waals surface area contributed by atoms with Crippen LogP contribution in [-0.4, -0.2) is 30.5 Å². The zero-order chi connectivity index (χ0) is 23.7. The van der Waals surface area contributed by atoms with Gasteiger partial charge in [0.2, 0.25) is 0 Å². The molecule has 3 aromatic carbocycles. The van der Waals surface area contributed by atoms with Crippen LogP contribution in [0.1, 0.15) is 27.3 Å². The van der Waals surface area contributed by atoms with Gasteiger partial charge in [-0.1, -0.05) is 47.7 Å². The molecule has 2 aromatic heterocycles. The van der Waals surface area contributed by atoms with E-state index in [0.29, 0.717) is 29.7 Å². The molecule has 0 saturated carbocycles. The zero-order valence-corrected chi connectivity index (χ0v) is 18.2. The van der Waals surface area contributed by atoms with Crippen LogP contribution in [-0.2, 0) is 20.0 Å². The summed E-state index contributed by atoms with van der Waals surface area (Å²) in [6.45, 7) is 0.297. The third kappa shape index (κ3) is 4.15. The van der Waals surface area contributed by atoms with E-state index in [1.807, 2.05) is 54.6 Å². The van der Waals surface area contributed by atoms with Gasteiger partial charge in [-0.05, 0) is 23.3 Å². The number of halogens is 2. The molecule has 170 valence electrons. The van der Waals surface area contributed by atoms with Crippen LogP contribution in [0.5, 0.6) is 0 Å². The number of amides is 1. The van der Waals surface area contributed by atoms with Gasteiger partial charge in [-0.2, -0.15) is 0 Å². The first kappa shape index (κ1) is 21.4. The Labute approximate surface area is 193 Å². The number of rotatable bonds is 6. The van der Waals surface area contributed by atoms with Crippen molar-refractivity contribution < 1.29 is 13.6 Å². The molecule has 1 N–H and O–H groups in total. The molecule has 9 heteroatoms. The monoisotopic (exact) mass is 458 g/mol. The molecule has 2 heterocycles. The zero-order valence-electron chi connectivity index (χ0n) is 18.2. The lowest BCUT2D eigenvalue weighted by Crippen LogP contribution is -2.24. The van der Waals surface area contributed by atoms with Crippen molar-refractivity contribution in [3.8, 4) is 5.69 Å². The Kier molecular flexibility index (Phi) is 5.59. The van der Waals surface area contributed by atoms with E-state index in [-0.39, 0.29) is 5.91 Å². The van der Waals surface area contributed by atoms with Crippen molar-refractivity contribution >= 4 is 16.9 Å². The maximum absolute atomic E-state index is 13.7. The number of nitrogens with zero attached hydrogens (tertiary/aromatic N) is 5. The van der Waals surface area contributed by atoms with Gasteiger partial charge in [0.05, 0.1) is 16.7 Å². The molecular weight excluding hydrogens is 438 g/mol. The summed E-state index contributed by atoms with van der Waals surface area (Å²) >= 11 is 0. The highest BCUT2D eigenvalue weighted by Gasteiger charge is 2.18. The van der Waals surface area contributed by atoms with Gasteiger partial charge in [0.25, 0.3) is 5.91 Å². The highest BCUT2D eigenvalue weighted by molar-refractivity contribution is 5.93. The Hall–Kier alpha value is -4.40. The molecule has 0 aliphatic heterocycles. The van der Waals surface area contributed by atoms with E-state index >= 15 is 0 Å². The molecule has 34 heavy (non-hydrogen) atoms. The van der Waals surface area contributed by atoms with Crippen molar-refractivity contribution in [2.75, 3.05) is 0 Å². The quantitative estimate of drug-likeness (QED) is 0.418. The van der Waals surface area contributed by atoms with Gasteiger partial charge in [-0.15, -0.1) is 5.10 Å². The predicted molar refractivity (Wildman–Crippen MR) is 122 cm³/mol. The molecule has 0 spiro atoms. The van der Waals surface area contributed by atoms with Crippen LogP contribution in [0.2, 0.25) is 0 Å². The summed E-state index contributed by atoms with van der Waals surface area (Å²) < 4.78 is 30.4. The third-order valence-corrected chi connectivity index (χ3v) is 5.63. The molecule has 0 saturated heterocycles. The van der Waals surface area contributed by atoms with Gasteiger partial charge in [0.1, 0.15) is 6.33 Å². The minimum Gasteiger partial charge on any atom is -0.347 e. The molecule has 5 rings (SSSR count). The summed E-state index contributed by atoms with van der Waals surface area (Å²) in [7, 11) is 1.76. The Balaban J connectivity index is 1.29. The Morgan fingerprint density at radius 2 is 1.71 bits per heavy atom. The SMILES string of the molecule is Cn1nnc(C(=O)NCc2ccc(-n3cnc4cc(F)c(F)cc43)cc2)c1Cc1ccccc1. The van der Waals surface area contributed by atoms with E-state index < -0.39 is 11.6 Å². The number of hydrogen-bond acceptors (Lipinski definition) is 4. The molecule has 1 amide bonds. The number of nitrogens with one attached hydrogen (secondary N) is 1. The second kappa shape index (κ2) is 8.86. The van der Waals surface area contributed by atoms with Gasteiger partial charge in [0.15, 0.2) is 17.3 Å². The standard InChI is InChI=1S/C25H20F2N6O/c1-32-23(11-16-5-3-2-4-6-16)24(30-31-32)25(34)28-14-17-7-9-18(10-8-17)33-15-29-21-12-19(26)20(27)13-22(21)33/h2-10,12-13,15H,11,14H2,1H3,(H,28,34). The van der Waals surface area contributed by atoms with E-state index in [4.69, 9.17) is 0 Å². The largest absolute Gasteiger partial charge is 0.347 e. The van der Waals surface area contributed by atoms with Crippen LogP contribution in [0, 0.1) is 11.6 Å². The number of aromatic nitrogens is 5. The fourth-order valence-electron chi connectivity index (χ4n) is 3.79. The molecule has 0 fully saturated rings. The van der Waals surface area contributed by atoms with Gasteiger partial charge in [0, 0.05) is 37.8 Å². The summed E-state index contributed by atoms with van der Waals surface area (Å²) in [4.78, 5) is 16.9. The van der Waals surface area contributed by atoms with E-state index in [1.54, 1.807) is 16.3 Å². The maximum atomic E-state index is 13.7. The van der Waals surface area contributed by atoms with Gasteiger partial charge in [-0.25, -0.2) is 13.8 Å². The lowest BCUT2D eigenvalue weighted by Gasteiger charge is -2.08. The van der Waals surface area contributed by atoms with Gasteiger partial charge in [-0.3, -0.25) is 14.0 Å². The first-order valence-electron chi connectivity index (χ1n) is 10.6. The summed E-state index contributed by atoms with van der Waals surface area (Å²) in [5.74, 6) is -2.16. The number of benzene rings is 3. The van der Waals surface area contributed by atoms with Crippen LogP contribution in [0.15, 0.2) is 73.1 Å². The number of aryl methyl sites for hydroxylation is 1. The van der Waals surface area contributed by atoms with Crippen LogP contribution >= 0.6 is 0 Å². The Morgan fingerprint density at radius 1 is 0.971 bits per heavy atom. The highest BCUT2D eigenvalue weighted by Crippen LogP contribution is 2.21. The highest BCUT2D eigenvalue weighted by atomic mass is 19.2. The van der Waals surface area contributed by atoms with Crippen LogP contribution in [0.3, 0.4) is 0 Å². The molecule has 0 atom stereocenters. The number of carbonyl (C=O) groups excluding carboxylic acids is 1. The Morgan fingerprint density at radius 3 is 2.47 bits per heavy atom. The number of hydrogen-bond donors (Lipinski definition) is 1. The minimum absolute atomic E-state index is 0.294. The van der Waals surface area contributed by atoms with Crippen molar-refractivity contribution in [3.63, 3.8) is 0 Å². The van der Waals surface area contributed by atoms with Crippen LogP contribution < -0.4 is 5.32 Å². The van der Waals surface area contributed by atoms with Crippen molar-refractivity contribution in [2.45, 2.75) is 13.0 Å². The number of imidazole rings is 1. The lowest BCUT2D eigenvalue weighted by molar-refractivity contribution is 0.0945. The molecule has 0 bridgehead atoms. The molecule has 5 aromatic rings. The second-order valence-electron chi connectivity index (χ2n) is 7.89. The smallest absolute Gasteiger partial charge is 0.274 e. The minimum atomic E-state index is -0.932. The molecule has 0 aliphatic carbocycles. The number of carbonyl (C=O) groups is 1. The fourth-order valence-corrected chi connectivity index (χ4v) is 3.79. The summed E-state index contributed by atoms with van der Waals surface area (Å²) in [6, 6.07) is 19.4. The normalized spacial score (nSPS) is 11.1. The van der Waals surface area contributed by atoms with Gasteiger partial charge >= 0.3 is 0 Å². The van der Waals surface area contributed by atoms with E-state index in [1.165, 1.54) is 6.33 Å². The summed E-state index contributed by atoms with van der Waals surface area (Å²) in [6.07, 6.45) is 2.06. The Bertz CT molecular complexity index is 1480. The predicted octanol–water partition coefficient (Wildman–Crippen LogP) is 3.95. The summed E-state index contributed by atoms with van der Waals surface area (Å²) in [5.41, 5.74) is 4.53. The van der Waals surface area contributed by atoms with E-state index in [0.717, 1.165) is 34.6 Å². The van der Waals surface area contributed by atoms with E-state index in [9.17, 15) is 13.6 Å². The summed E-state index contributed by atoms with van der Waals surface area (Å²) in [5, 5.41) is 10.9. The molecule has 0 unspecified atom stereocenters.